The van der Waals surface area contributed by atoms with E-state index in [9.17, 15) is 9.59 Å². The molecule has 0 bridgehead atoms. The van der Waals surface area contributed by atoms with E-state index in [1.807, 2.05) is 26.8 Å². The number of aromatic nitrogens is 4. The molecule has 148 valence electrons. The van der Waals surface area contributed by atoms with E-state index in [0.717, 1.165) is 10.1 Å². The summed E-state index contributed by atoms with van der Waals surface area (Å²) in [6, 6.07) is 5.30. The van der Waals surface area contributed by atoms with E-state index in [4.69, 9.17) is 23.2 Å². The number of fused-ring (bicyclic) bond motifs is 1. The summed E-state index contributed by atoms with van der Waals surface area (Å²) < 4.78 is 2.45. The van der Waals surface area contributed by atoms with Gasteiger partial charge < -0.3 is 0 Å². The number of thioether (sulfide) groups is 1. The van der Waals surface area contributed by atoms with Crippen molar-refractivity contribution in [1.29, 1.82) is 0 Å². The largest absolute Gasteiger partial charge is 0.332 e. The molecule has 1 aromatic carbocycles. The molecule has 0 aliphatic heterocycles. The Bertz CT molecular complexity index is 1200. The van der Waals surface area contributed by atoms with Gasteiger partial charge in [-0.25, -0.2) is 14.8 Å². The molecule has 2 aromatic heterocycles. The Labute approximate surface area is 176 Å². The number of benzene rings is 1. The summed E-state index contributed by atoms with van der Waals surface area (Å²) in [6.07, 6.45) is 0. The first-order valence-corrected chi connectivity index (χ1v) is 10.3. The summed E-state index contributed by atoms with van der Waals surface area (Å²) in [5.74, 6) is 1.06. The van der Waals surface area contributed by atoms with Crippen molar-refractivity contribution in [2.45, 2.75) is 37.0 Å². The number of halogens is 2. The average molecular weight is 439 g/mol. The van der Waals surface area contributed by atoms with Gasteiger partial charge in [0.2, 0.25) is 0 Å². The van der Waals surface area contributed by atoms with Crippen LogP contribution in [0.3, 0.4) is 0 Å². The summed E-state index contributed by atoms with van der Waals surface area (Å²) in [7, 11) is 3.06. The van der Waals surface area contributed by atoms with Gasteiger partial charge in [-0.05, 0) is 17.7 Å². The standard InChI is InChI=1S/C19H20Cl2N4O2S/c1-19(2,3)17-22-14-13(16(26)25(5)18(27)24(14)4)15(23-17)28-9-10-6-7-11(20)8-12(10)21/h6-8H,9H2,1-5H3. The van der Waals surface area contributed by atoms with Crippen LogP contribution >= 0.6 is 35.0 Å². The molecule has 6 nitrogen and oxygen atoms in total. The molecular formula is C19H20Cl2N4O2S. The fourth-order valence-electron chi connectivity index (χ4n) is 2.65. The van der Waals surface area contributed by atoms with Gasteiger partial charge in [-0.3, -0.25) is 13.9 Å². The Morgan fingerprint density at radius 3 is 2.36 bits per heavy atom. The Hall–Kier alpha value is -1.83. The molecule has 0 radical (unpaired) electrons. The van der Waals surface area contributed by atoms with Gasteiger partial charge in [-0.1, -0.05) is 50.0 Å². The zero-order valence-corrected chi connectivity index (χ0v) is 18.5. The highest BCUT2D eigenvalue weighted by Crippen LogP contribution is 2.31. The second kappa shape index (κ2) is 7.54. The molecule has 28 heavy (non-hydrogen) atoms. The quantitative estimate of drug-likeness (QED) is 0.457. The predicted molar refractivity (Wildman–Crippen MR) is 115 cm³/mol. The minimum Gasteiger partial charge on any atom is -0.280 e. The van der Waals surface area contributed by atoms with E-state index in [1.165, 1.54) is 23.4 Å². The van der Waals surface area contributed by atoms with Crippen LogP contribution in [0.25, 0.3) is 11.0 Å². The number of aryl methyl sites for hydroxylation is 1. The van der Waals surface area contributed by atoms with Gasteiger partial charge in [0.05, 0.1) is 0 Å². The van der Waals surface area contributed by atoms with Crippen LogP contribution in [-0.2, 0) is 25.3 Å². The molecule has 0 aliphatic carbocycles. The summed E-state index contributed by atoms with van der Waals surface area (Å²) >= 11 is 13.6. The molecule has 0 amide bonds. The Morgan fingerprint density at radius 2 is 1.75 bits per heavy atom. The van der Waals surface area contributed by atoms with Crippen molar-refractivity contribution in [2.75, 3.05) is 0 Å². The molecule has 9 heteroatoms. The highest BCUT2D eigenvalue weighted by Gasteiger charge is 2.23. The van der Waals surface area contributed by atoms with E-state index in [-0.39, 0.29) is 5.41 Å². The van der Waals surface area contributed by atoms with Crippen LogP contribution in [0.15, 0.2) is 32.8 Å². The molecule has 3 rings (SSSR count). The zero-order valence-electron chi connectivity index (χ0n) is 16.2. The van der Waals surface area contributed by atoms with Crippen molar-refractivity contribution in [3.8, 4) is 0 Å². The van der Waals surface area contributed by atoms with Gasteiger partial charge in [-0.2, -0.15) is 0 Å². The maximum atomic E-state index is 12.8. The second-order valence-corrected chi connectivity index (χ2v) is 9.34. The summed E-state index contributed by atoms with van der Waals surface area (Å²) in [4.78, 5) is 34.4. The van der Waals surface area contributed by atoms with E-state index in [0.29, 0.717) is 37.7 Å². The molecule has 0 saturated carbocycles. The molecule has 0 fully saturated rings. The molecular weight excluding hydrogens is 419 g/mol. The fraction of sp³-hybridized carbons (Fsp3) is 0.368. The zero-order chi connectivity index (χ0) is 20.8. The van der Waals surface area contributed by atoms with Gasteiger partial charge in [0.1, 0.15) is 16.2 Å². The first-order valence-electron chi connectivity index (χ1n) is 8.55. The number of rotatable bonds is 3. The van der Waals surface area contributed by atoms with Crippen LogP contribution in [0, 0.1) is 0 Å². The average Bonchev–Trinajstić information content (AvgIpc) is 2.62. The van der Waals surface area contributed by atoms with E-state index in [1.54, 1.807) is 19.2 Å². The van der Waals surface area contributed by atoms with Gasteiger partial charge in [0, 0.05) is 35.3 Å². The molecule has 0 N–H and O–H groups in total. The minimum absolute atomic E-state index is 0.327. The Morgan fingerprint density at radius 1 is 1.07 bits per heavy atom. The lowest BCUT2D eigenvalue weighted by Gasteiger charge is -2.19. The monoisotopic (exact) mass is 438 g/mol. The summed E-state index contributed by atoms with van der Waals surface area (Å²) in [5, 5.41) is 1.96. The summed E-state index contributed by atoms with van der Waals surface area (Å²) in [6.45, 7) is 5.95. The van der Waals surface area contributed by atoms with Gasteiger partial charge in [-0.15, -0.1) is 11.8 Å². The lowest BCUT2D eigenvalue weighted by Crippen LogP contribution is -2.38. The van der Waals surface area contributed by atoms with Crippen molar-refractivity contribution in [2.24, 2.45) is 14.1 Å². The smallest absolute Gasteiger partial charge is 0.280 e. The maximum Gasteiger partial charge on any atom is 0.332 e. The second-order valence-electron chi connectivity index (χ2n) is 7.53. The van der Waals surface area contributed by atoms with Gasteiger partial charge >= 0.3 is 5.69 Å². The van der Waals surface area contributed by atoms with Crippen LogP contribution in [0.1, 0.15) is 32.2 Å². The Balaban J connectivity index is 2.22. The number of hydrogen-bond donors (Lipinski definition) is 0. The van der Waals surface area contributed by atoms with Crippen molar-refractivity contribution < 1.29 is 0 Å². The van der Waals surface area contributed by atoms with Gasteiger partial charge in [0.15, 0.2) is 5.65 Å². The fourth-order valence-corrected chi connectivity index (χ4v) is 4.23. The van der Waals surface area contributed by atoms with Crippen molar-refractivity contribution in [3.63, 3.8) is 0 Å². The van der Waals surface area contributed by atoms with Crippen LogP contribution in [0.5, 0.6) is 0 Å². The molecule has 0 spiro atoms. The van der Waals surface area contributed by atoms with Crippen molar-refractivity contribution >= 4 is 46.0 Å². The third kappa shape index (κ3) is 3.83. The normalized spacial score (nSPS) is 12.0. The molecule has 0 atom stereocenters. The van der Waals surface area contributed by atoms with Crippen LogP contribution in [0.4, 0.5) is 0 Å². The first kappa shape index (κ1) is 20.9. The SMILES string of the molecule is Cn1c(=O)c2c(SCc3ccc(Cl)cc3Cl)nc(C(C)(C)C)nc2n(C)c1=O. The van der Waals surface area contributed by atoms with Crippen LogP contribution in [-0.4, -0.2) is 19.1 Å². The van der Waals surface area contributed by atoms with Crippen LogP contribution in [0.2, 0.25) is 10.0 Å². The first-order chi connectivity index (χ1) is 13.0. The van der Waals surface area contributed by atoms with E-state index in [2.05, 4.69) is 9.97 Å². The van der Waals surface area contributed by atoms with Crippen molar-refractivity contribution in [1.82, 2.24) is 19.1 Å². The lowest BCUT2D eigenvalue weighted by molar-refractivity contribution is 0.539. The number of nitrogens with zero attached hydrogens (tertiary/aromatic N) is 4. The summed E-state index contributed by atoms with van der Waals surface area (Å²) in [5.41, 5.74) is 0.0222. The van der Waals surface area contributed by atoms with E-state index < -0.39 is 11.2 Å². The van der Waals surface area contributed by atoms with E-state index >= 15 is 0 Å². The minimum atomic E-state index is -0.423. The van der Waals surface area contributed by atoms with Crippen LogP contribution < -0.4 is 11.2 Å². The third-order valence-corrected chi connectivity index (χ3v) is 5.93. The third-order valence-electron chi connectivity index (χ3n) is 4.32. The molecule has 0 aliphatic rings. The van der Waals surface area contributed by atoms with Crippen molar-refractivity contribution in [3.05, 3.63) is 60.5 Å². The van der Waals surface area contributed by atoms with Gasteiger partial charge in [0.25, 0.3) is 5.56 Å². The predicted octanol–water partition coefficient (Wildman–Crippen LogP) is 3.92. The lowest BCUT2D eigenvalue weighted by atomic mass is 9.96. The molecule has 0 saturated heterocycles. The molecule has 2 heterocycles. The topological polar surface area (TPSA) is 69.8 Å². The highest BCUT2D eigenvalue weighted by molar-refractivity contribution is 7.98. The highest BCUT2D eigenvalue weighted by atomic mass is 35.5. The number of hydrogen-bond acceptors (Lipinski definition) is 5. The molecule has 0 unspecified atom stereocenters. The maximum absolute atomic E-state index is 12.8. The molecule has 3 aromatic rings. The Kier molecular flexibility index (Phi) is 5.62.